The van der Waals surface area contributed by atoms with Crippen molar-refractivity contribution in [1.82, 2.24) is 14.5 Å². The quantitative estimate of drug-likeness (QED) is 0.195. The Kier molecular flexibility index (Phi) is 6.88. The van der Waals surface area contributed by atoms with Gasteiger partial charge in [0.25, 0.3) is 0 Å². The number of para-hydroxylation sites is 4. The zero-order valence-corrected chi connectivity index (χ0v) is 27.7. The van der Waals surface area contributed by atoms with Crippen LogP contribution in [-0.4, -0.2) is 19.6 Å². The van der Waals surface area contributed by atoms with Crippen molar-refractivity contribution in [2.24, 2.45) is 0 Å². The number of hydrogen-bond acceptors (Lipinski definition) is 4. The van der Waals surface area contributed by atoms with Crippen molar-refractivity contribution >= 4 is 33.0 Å². The second kappa shape index (κ2) is 11.6. The molecule has 0 aliphatic heterocycles. The Morgan fingerprint density at radius 1 is 0.620 bits per heavy atom. The number of fused-ring (bicyclic) bond motifs is 4. The van der Waals surface area contributed by atoms with E-state index in [9.17, 15) is 5.11 Å². The highest BCUT2D eigenvalue weighted by Crippen LogP contribution is 2.43. The lowest BCUT2D eigenvalue weighted by Crippen LogP contribution is -2.19. The van der Waals surface area contributed by atoms with Gasteiger partial charge in [-0.25, -0.2) is 4.98 Å². The number of nitrogens with zero attached hydrogens (tertiary/aromatic N) is 3. The molecular formula is C45H33N3O2. The maximum Gasteiger partial charge on any atom is 0.149 e. The molecule has 50 heavy (non-hydrogen) atoms. The summed E-state index contributed by atoms with van der Waals surface area (Å²) in [5.74, 6) is 0.857. The normalized spacial score (nSPS) is 11.9. The Morgan fingerprint density at radius 3 is 2.14 bits per heavy atom. The molecule has 0 saturated carbocycles. The predicted octanol–water partition coefficient (Wildman–Crippen LogP) is 11.4. The average molecular weight is 648 g/mol. The SMILES string of the molecule is CC(C)(c1ccccc1)c1cc(-c2cccc3c2nc(-c2ccccc2O)n3-c2ccccc2)cc(-c2nccc3oc4ccccc4c23)c1. The Bertz CT molecular complexity index is 2690. The lowest BCUT2D eigenvalue weighted by molar-refractivity contribution is 0.477. The monoisotopic (exact) mass is 647 g/mol. The van der Waals surface area contributed by atoms with Crippen molar-refractivity contribution in [2.75, 3.05) is 0 Å². The molecule has 0 atom stereocenters. The van der Waals surface area contributed by atoms with Crippen LogP contribution >= 0.6 is 0 Å². The summed E-state index contributed by atoms with van der Waals surface area (Å²) in [5, 5.41) is 13.1. The van der Waals surface area contributed by atoms with Gasteiger partial charge in [-0.15, -0.1) is 0 Å². The Hall–Kier alpha value is -6.46. The highest BCUT2D eigenvalue weighted by atomic mass is 16.3. The summed E-state index contributed by atoms with van der Waals surface area (Å²) in [7, 11) is 0. The van der Waals surface area contributed by atoms with E-state index in [0.717, 1.165) is 66.6 Å². The maximum absolute atomic E-state index is 11.0. The zero-order valence-electron chi connectivity index (χ0n) is 27.7. The van der Waals surface area contributed by atoms with E-state index in [1.54, 1.807) is 6.07 Å². The number of benzene rings is 6. The summed E-state index contributed by atoms with van der Waals surface area (Å²) < 4.78 is 8.42. The van der Waals surface area contributed by atoms with Gasteiger partial charge in [0.15, 0.2) is 0 Å². The van der Waals surface area contributed by atoms with Crippen LogP contribution in [0, 0.1) is 0 Å². The van der Waals surface area contributed by atoms with Gasteiger partial charge in [0.2, 0.25) is 0 Å². The van der Waals surface area contributed by atoms with Crippen LogP contribution in [0.5, 0.6) is 5.75 Å². The van der Waals surface area contributed by atoms with Gasteiger partial charge in [0.05, 0.1) is 27.7 Å². The number of furan rings is 1. The summed E-state index contributed by atoms with van der Waals surface area (Å²) in [4.78, 5) is 10.3. The van der Waals surface area contributed by atoms with Crippen LogP contribution in [-0.2, 0) is 5.41 Å². The minimum atomic E-state index is -0.323. The van der Waals surface area contributed by atoms with Gasteiger partial charge in [0.1, 0.15) is 22.7 Å². The fraction of sp³-hybridized carbons (Fsp3) is 0.0667. The minimum absolute atomic E-state index is 0.182. The summed E-state index contributed by atoms with van der Waals surface area (Å²) in [6, 6.07) is 51.4. The van der Waals surface area contributed by atoms with E-state index in [2.05, 4.69) is 103 Å². The molecular weight excluding hydrogens is 615 g/mol. The highest BCUT2D eigenvalue weighted by Gasteiger charge is 2.27. The fourth-order valence-electron chi connectivity index (χ4n) is 7.21. The number of aromatic nitrogens is 3. The van der Waals surface area contributed by atoms with Crippen molar-refractivity contribution in [2.45, 2.75) is 19.3 Å². The van der Waals surface area contributed by atoms with E-state index in [-0.39, 0.29) is 11.2 Å². The van der Waals surface area contributed by atoms with Crippen molar-refractivity contribution in [3.8, 4) is 45.2 Å². The molecule has 3 heterocycles. The number of phenolic OH excluding ortho intramolecular Hbond substituents is 1. The first-order chi connectivity index (χ1) is 24.5. The van der Waals surface area contributed by atoms with E-state index in [4.69, 9.17) is 14.4 Å². The van der Waals surface area contributed by atoms with E-state index >= 15 is 0 Å². The molecule has 9 rings (SSSR count). The van der Waals surface area contributed by atoms with Gasteiger partial charge >= 0.3 is 0 Å². The summed E-state index contributed by atoms with van der Waals surface area (Å²) in [6.45, 7) is 4.54. The van der Waals surface area contributed by atoms with Gasteiger partial charge in [-0.1, -0.05) is 111 Å². The number of aromatic hydroxyl groups is 1. The van der Waals surface area contributed by atoms with Crippen LogP contribution in [0.25, 0.3) is 72.4 Å². The number of pyridine rings is 1. The topological polar surface area (TPSA) is 64.1 Å². The first kappa shape index (κ1) is 29.7. The molecule has 0 spiro atoms. The highest BCUT2D eigenvalue weighted by molar-refractivity contribution is 6.11. The third-order valence-corrected chi connectivity index (χ3v) is 9.87. The summed E-state index contributed by atoms with van der Waals surface area (Å²) >= 11 is 0. The van der Waals surface area contributed by atoms with Crippen LogP contribution < -0.4 is 0 Å². The minimum Gasteiger partial charge on any atom is -0.507 e. The van der Waals surface area contributed by atoms with Crippen molar-refractivity contribution in [3.63, 3.8) is 0 Å². The van der Waals surface area contributed by atoms with Crippen LogP contribution in [0.4, 0.5) is 0 Å². The molecule has 0 amide bonds. The van der Waals surface area contributed by atoms with Gasteiger partial charge < -0.3 is 9.52 Å². The first-order valence-corrected chi connectivity index (χ1v) is 16.8. The molecule has 0 radical (unpaired) electrons. The second-order valence-corrected chi connectivity index (χ2v) is 13.2. The van der Waals surface area contributed by atoms with Crippen molar-refractivity contribution < 1.29 is 9.52 Å². The number of imidazole rings is 1. The molecule has 6 aromatic carbocycles. The van der Waals surface area contributed by atoms with Gasteiger partial charge in [-0.3, -0.25) is 9.55 Å². The number of phenols is 1. The van der Waals surface area contributed by atoms with Crippen LogP contribution in [0.2, 0.25) is 0 Å². The molecule has 3 aromatic heterocycles. The molecule has 1 N–H and O–H groups in total. The first-order valence-electron chi connectivity index (χ1n) is 16.8. The molecule has 0 bridgehead atoms. The van der Waals surface area contributed by atoms with E-state index in [1.807, 2.05) is 66.9 Å². The largest absolute Gasteiger partial charge is 0.507 e. The summed E-state index contributed by atoms with van der Waals surface area (Å²) in [5.41, 5.74) is 11.0. The molecule has 240 valence electrons. The van der Waals surface area contributed by atoms with Gasteiger partial charge in [0, 0.05) is 33.8 Å². The lowest BCUT2D eigenvalue weighted by atomic mass is 9.76. The Balaban J connectivity index is 1.34. The van der Waals surface area contributed by atoms with Crippen LogP contribution in [0.3, 0.4) is 0 Å². The van der Waals surface area contributed by atoms with Crippen LogP contribution in [0.1, 0.15) is 25.0 Å². The van der Waals surface area contributed by atoms with Gasteiger partial charge in [-0.05, 0) is 71.3 Å². The number of rotatable bonds is 6. The second-order valence-electron chi connectivity index (χ2n) is 13.2. The fourth-order valence-corrected chi connectivity index (χ4v) is 7.21. The van der Waals surface area contributed by atoms with E-state index in [0.29, 0.717) is 11.4 Å². The smallest absolute Gasteiger partial charge is 0.149 e. The third kappa shape index (κ3) is 4.78. The molecule has 5 nitrogen and oxygen atoms in total. The third-order valence-electron chi connectivity index (χ3n) is 9.87. The predicted molar refractivity (Wildman–Crippen MR) is 203 cm³/mol. The molecule has 0 fully saturated rings. The Morgan fingerprint density at radius 2 is 1.32 bits per heavy atom. The average Bonchev–Trinajstić information content (AvgIpc) is 3.74. The van der Waals surface area contributed by atoms with Crippen molar-refractivity contribution in [3.05, 3.63) is 169 Å². The molecule has 0 aliphatic rings. The van der Waals surface area contributed by atoms with Crippen LogP contribution in [0.15, 0.2) is 162 Å². The van der Waals surface area contributed by atoms with Gasteiger partial charge in [-0.2, -0.15) is 0 Å². The Labute approximate surface area is 289 Å². The zero-order chi connectivity index (χ0) is 33.8. The molecule has 0 aliphatic carbocycles. The molecule has 0 unspecified atom stereocenters. The maximum atomic E-state index is 11.0. The molecule has 5 heteroatoms. The number of hydrogen-bond donors (Lipinski definition) is 1. The molecule has 9 aromatic rings. The lowest BCUT2D eigenvalue weighted by Gasteiger charge is -2.27. The molecule has 0 saturated heterocycles. The standard InChI is InChI=1S/C45H33N3O2/c1-45(2,31-14-5-3-6-15-31)32-27-29(26-30(28-32)42-41-36-19-10-12-23-39(36)50-40(41)24-25-46-42)34-20-13-21-37-43(34)47-44(35-18-9-11-22-38(35)49)48(37)33-16-7-4-8-17-33/h3-28,49H,1-2H3. The summed E-state index contributed by atoms with van der Waals surface area (Å²) in [6.07, 6.45) is 1.83. The van der Waals surface area contributed by atoms with E-state index < -0.39 is 0 Å². The van der Waals surface area contributed by atoms with E-state index in [1.165, 1.54) is 5.56 Å². The van der Waals surface area contributed by atoms with Crippen molar-refractivity contribution in [1.29, 1.82) is 0 Å².